The fourth-order valence-corrected chi connectivity index (χ4v) is 3.60. The summed E-state index contributed by atoms with van der Waals surface area (Å²) in [4.78, 5) is 12.3. The van der Waals surface area contributed by atoms with Crippen LogP contribution in [0.1, 0.15) is 86.0 Å². The number of ether oxygens (including phenoxy) is 2. The van der Waals surface area contributed by atoms with Gasteiger partial charge in [-0.15, -0.1) is 0 Å². The van der Waals surface area contributed by atoms with Crippen molar-refractivity contribution in [2.45, 2.75) is 104 Å². The lowest BCUT2D eigenvalue weighted by molar-refractivity contribution is -0.164. The van der Waals surface area contributed by atoms with Crippen LogP contribution in [0, 0.1) is 11.3 Å². The second-order valence-corrected chi connectivity index (χ2v) is 8.91. The van der Waals surface area contributed by atoms with E-state index < -0.39 is 0 Å². The molecule has 2 unspecified atom stereocenters. The van der Waals surface area contributed by atoms with Gasteiger partial charge in [0.25, 0.3) is 0 Å². The number of hydrogen-bond acceptors (Lipinski definition) is 3. The molecule has 2 fully saturated rings. The van der Waals surface area contributed by atoms with E-state index in [9.17, 15) is 4.79 Å². The topological polar surface area (TPSA) is 38.8 Å². The van der Waals surface area contributed by atoms with Crippen molar-refractivity contribution in [1.29, 1.82) is 0 Å². The van der Waals surface area contributed by atoms with Gasteiger partial charge in [0.1, 0.15) is 5.60 Å². The Labute approximate surface area is 136 Å². The summed E-state index contributed by atoms with van der Waals surface area (Å²) >= 11 is 0. The molecule has 3 heteroatoms. The van der Waals surface area contributed by atoms with Gasteiger partial charge in [-0.25, -0.2) is 4.79 Å². The summed E-state index contributed by atoms with van der Waals surface area (Å²) in [6.07, 6.45) is 9.26. The van der Waals surface area contributed by atoms with Crippen molar-refractivity contribution in [2.75, 3.05) is 0 Å². The predicted molar refractivity (Wildman–Crippen MR) is 88.7 cm³/mol. The van der Waals surface area contributed by atoms with Gasteiger partial charge in [-0.1, -0.05) is 46.5 Å². The summed E-state index contributed by atoms with van der Waals surface area (Å²) in [5, 5.41) is 0. The minimum absolute atomic E-state index is 0.0944. The van der Waals surface area contributed by atoms with E-state index in [4.69, 9.17) is 9.47 Å². The van der Waals surface area contributed by atoms with Crippen LogP contribution in [-0.4, -0.2) is 23.8 Å². The predicted octanol–water partition coefficient (Wildman–Crippen LogP) is 4.87. The van der Waals surface area contributed by atoms with Gasteiger partial charge in [0.2, 0.25) is 0 Å². The maximum absolute atomic E-state index is 12.3. The van der Waals surface area contributed by atoms with Crippen molar-refractivity contribution in [3.63, 3.8) is 0 Å². The molecule has 1 aliphatic carbocycles. The molecular weight excluding hydrogens is 276 g/mol. The van der Waals surface area contributed by atoms with Gasteiger partial charge in [-0.3, -0.25) is 0 Å². The van der Waals surface area contributed by atoms with E-state index in [1.165, 1.54) is 38.5 Å². The van der Waals surface area contributed by atoms with Crippen LogP contribution in [0.15, 0.2) is 0 Å². The van der Waals surface area contributed by atoms with Gasteiger partial charge in [-0.2, -0.15) is 0 Å². The first-order valence-corrected chi connectivity index (χ1v) is 9.07. The van der Waals surface area contributed by atoms with Crippen LogP contribution in [-0.2, 0) is 14.3 Å². The molecule has 0 N–H and O–H groups in total. The van der Waals surface area contributed by atoms with Gasteiger partial charge in [0.05, 0.1) is 6.10 Å². The lowest BCUT2D eigenvalue weighted by Crippen LogP contribution is -2.39. The molecule has 22 heavy (non-hydrogen) atoms. The minimum Gasteiger partial charge on any atom is -0.457 e. The molecule has 2 aliphatic rings. The van der Waals surface area contributed by atoms with E-state index in [-0.39, 0.29) is 23.8 Å². The van der Waals surface area contributed by atoms with Crippen LogP contribution in [0.5, 0.6) is 0 Å². The molecule has 0 spiro atoms. The van der Waals surface area contributed by atoms with Crippen molar-refractivity contribution in [1.82, 2.24) is 0 Å². The van der Waals surface area contributed by atoms with Crippen LogP contribution >= 0.6 is 0 Å². The Kier molecular flexibility index (Phi) is 5.58. The van der Waals surface area contributed by atoms with E-state index in [1.807, 2.05) is 0 Å². The number of carbonyl (C=O) groups excluding carboxylic acids is 1. The SMILES string of the molecule is CC(C)(C)CCCC1OC1C(=O)OC(C)(C)C1CCCCC1. The van der Waals surface area contributed by atoms with Crippen LogP contribution in [0.3, 0.4) is 0 Å². The zero-order valence-corrected chi connectivity index (χ0v) is 15.1. The van der Waals surface area contributed by atoms with Crippen LogP contribution in [0.2, 0.25) is 0 Å². The summed E-state index contributed by atoms with van der Waals surface area (Å²) in [7, 11) is 0. The highest BCUT2D eigenvalue weighted by Crippen LogP contribution is 2.37. The molecule has 2 atom stereocenters. The maximum atomic E-state index is 12.3. The normalized spacial score (nSPS) is 26.8. The second-order valence-electron chi connectivity index (χ2n) is 8.91. The number of esters is 1. The average Bonchev–Trinajstić information content (AvgIpc) is 3.17. The summed E-state index contributed by atoms with van der Waals surface area (Å²) in [6, 6.07) is 0. The summed E-state index contributed by atoms with van der Waals surface area (Å²) < 4.78 is 11.4. The summed E-state index contributed by atoms with van der Waals surface area (Å²) in [6.45, 7) is 10.9. The van der Waals surface area contributed by atoms with Crippen LogP contribution < -0.4 is 0 Å². The molecule has 0 aromatic heterocycles. The Bertz CT molecular complexity index is 375. The fraction of sp³-hybridized carbons (Fsp3) is 0.947. The molecule has 1 saturated carbocycles. The zero-order valence-electron chi connectivity index (χ0n) is 15.1. The largest absolute Gasteiger partial charge is 0.457 e. The molecule has 1 saturated heterocycles. The Morgan fingerprint density at radius 1 is 1.09 bits per heavy atom. The molecule has 1 heterocycles. The quantitative estimate of drug-likeness (QED) is 0.519. The number of carbonyl (C=O) groups is 1. The van der Waals surface area contributed by atoms with Gasteiger partial charge < -0.3 is 9.47 Å². The van der Waals surface area contributed by atoms with Crippen molar-refractivity contribution in [2.24, 2.45) is 11.3 Å². The van der Waals surface area contributed by atoms with E-state index in [1.54, 1.807) is 0 Å². The Balaban J connectivity index is 1.71. The lowest BCUT2D eigenvalue weighted by Gasteiger charge is -2.36. The lowest BCUT2D eigenvalue weighted by atomic mass is 9.79. The van der Waals surface area contributed by atoms with E-state index in [0.717, 1.165) is 12.8 Å². The van der Waals surface area contributed by atoms with E-state index >= 15 is 0 Å². The number of epoxide rings is 1. The van der Waals surface area contributed by atoms with Gasteiger partial charge in [0, 0.05) is 0 Å². The second kappa shape index (κ2) is 6.90. The average molecular weight is 310 g/mol. The van der Waals surface area contributed by atoms with Gasteiger partial charge in [-0.05, 0) is 50.9 Å². The van der Waals surface area contributed by atoms with Crippen molar-refractivity contribution >= 4 is 5.97 Å². The number of rotatable bonds is 6. The first-order chi connectivity index (χ1) is 10.2. The molecular formula is C19H34O3. The van der Waals surface area contributed by atoms with Crippen LogP contribution in [0.25, 0.3) is 0 Å². The maximum Gasteiger partial charge on any atom is 0.338 e. The molecule has 1 aliphatic heterocycles. The molecule has 0 amide bonds. The molecule has 0 aromatic rings. The molecule has 2 rings (SSSR count). The summed E-state index contributed by atoms with van der Waals surface area (Å²) in [5.41, 5.74) is 0.00722. The fourth-order valence-electron chi connectivity index (χ4n) is 3.60. The highest BCUT2D eigenvalue weighted by Gasteiger charge is 2.48. The highest BCUT2D eigenvalue weighted by molar-refractivity contribution is 5.78. The third-order valence-electron chi connectivity index (χ3n) is 5.18. The highest BCUT2D eigenvalue weighted by atomic mass is 16.6. The van der Waals surface area contributed by atoms with Crippen molar-refractivity contribution in [3.8, 4) is 0 Å². The molecule has 0 aromatic carbocycles. The third-order valence-corrected chi connectivity index (χ3v) is 5.18. The van der Waals surface area contributed by atoms with E-state index in [0.29, 0.717) is 11.3 Å². The van der Waals surface area contributed by atoms with Gasteiger partial charge in [0.15, 0.2) is 6.10 Å². The van der Waals surface area contributed by atoms with Gasteiger partial charge >= 0.3 is 5.97 Å². The van der Waals surface area contributed by atoms with Crippen molar-refractivity contribution < 1.29 is 14.3 Å². The minimum atomic E-state index is -0.348. The summed E-state index contributed by atoms with van der Waals surface area (Å²) in [5.74, 6) is 0.361. The van der Waals surface area contributed by atoms with Crippen molar-refractivity contribution in [3.05, 3.63) is 0 Å². The Morgan fingerprint density at radius 3 is 2.32 bits per heavy atom. The molecule has 0 bridgehead atoms. The Morgan fingerprint density at radius 2 is 1.73 bits per heavy atom. The first kappa shape index (κ1) is 17.8. The standard InChI is InChI=1S/C19H34O3/c1-18(2,3)13-9-12-15-16(21-15)17(20)22-19(4,5)14-10-7-6-8-11-14/h14-16H,6-13H2,1-5H3. The number of hydrogen-bond donors (Lipinski definition) is 0. The molecule has 0 radical (unpaired) electrons. The molecule has 128 valence electrons. The zero-order chi connectivity index (χ0) is 16.4. The van der Waals surface area contributed by atoms with E-state index in [2.05, 4.69) is 34.6 Å². The third kappa shape index (κ3) is 5.26. The monoisotopic (exact) mass is 310 g/mol. The van der Waals surface area contributed by atoms with Crippen LogP contribution in [0.4, 0.5) is 0 Å². The molecule has 3 nitrogen and oxygen atoms in total. The first-order valence-electron chi connectivity index (χ1n) is 9.07. The Hall–Kier alpha value is -0.570. The smallest absolute Gasteiger partial charge is 0.338 e.